The predicted molar refractivity (Wildman–Crippen MR) is 110 cm³/mol. The molecule has 0 aliphatic carbocycles. The van der Waals surface area contributed by atoms with Crippen LogP contribution in [0.3, 0.4) is 0 Å². The summed E-state index contributed by atoms with van der Waals surface area (Å²) < 4.78 is 5.76. The van der Waals surface area contributed by atoms with Gasteiger partial charge in [-0.25, -0.2) is 0 Å². The second-order valence-corrected chi connectivity index (χ2v) is 8.51. The summed E-state index contributed by atoms with van der Waals surface area (Å²) in [6, 6.07) is 8.12. The minimum Gasteiger partial charge on any atom is -0.381 e. The second-order valence-electron chi connectivity index (χ2n) is 6.34. The lowest BCUT2D eigenvalue weighted by molar-refractivity contribution is 0.0793. The Labute approximate surface area is 161 Å². The molecule has 1 unspecified atom stereocenters. The van der Waals surface area contributed by atoms with Gasteiger partial charge >= 0.3 is 0 Å². The molecular weight excluding hydrogens is 354 g/mol. The van der Waals surface area contributed by atoms with E-state index in [2.05, 4.69) is 43.5 Å². The van der Waals surface area contributed by atoms with Crippen LogP contribution >= 0.6 is 23.4 Å². The highest BCUT2D eigenvalue weighted by Crippen LogP contribution is 2.35. The van der Waals surface area contributed by atoms with Crippen molar-refractivity contribution in [2.75, 3.05) is 32.1 Å². The summed E-state index contributed by atoms with van der Waals surface area (Å²) in [6.07, 6.45) is 2.14. The molecule has 25 heavy (non-hydrogen) atoms. The lowest BCUT2D eigenvalue weighted by atomic mass is 9.99. The number of ether oxygens (including phenoxy) is 1. The Morgan fingerprint density at radius 3 is 2.56 bits per heavy atom. The predicted octanol–water partition coefficient (Wildman–Crippen LogP) is 4.26. The maximum Gasteiger partial charge on any atom is 0.191 e. The number of rotatable bonds is 7. The molecule has 1 aromatic carbocycles. The fourth-order valence-corrected chi connectivity index (χ4v) is 4.33. The molecule has 4 nitrogen and oxygen atoms in total. The monoisotopic (exact) mass is 383 g/mol. The summed E-state index contributed by atoms with van der Waals surface area (Å²) in [5.41, 5.74) is 1.19. The van der Waals surface area contributed by atoms with Crippen LogP contribution in [0.2, 0.25) is 5.02 Å². The van der Waals surface area contributed by atoms with Crippen LogP contribution in [0.15, 0.2) is 29.3 Å². The molecule has 0 saturated carbocycles. The van der Waals surface area contributed by atoms with Gasteiger partial charge in [0.15, 0.2) is 5.96 Å². The van der Waals surface area contributed by atoms with E-state index in [1.165, 1.54) is 5.56 Å². The summed E-state index contributed by atoms with van der Waals surface area (Å²) in [6.45, 7) is 9.79. The third kappa shape index (κ3) is 6.39. The molecule has 6 heteroatoms. The first-order valence-electron chi connectivity index (χ1n) is 9.10. The van der Waals surface area contributed by atoms with Crippen LogP contribution in [0.4, 0.5) is 0 Å². The molecule has 0 spiro atoms. The summed E-state index contributed by atoms with van der Waals surface area (Å²) in [7, 11) is 0. The van der Waals surface area contributed by atoms with E-state index in [4.69, 9.17) is 21.3 Å². The Balaban J connectivity index is 2.04. The zero-order valence-electron chi connectivity index (χ0n) is 15.5. The van der Waals surface area contributed by atoms with Gasteiger partial charge in [-0.05, 0) is 50.1 Å². The standard InChI is InChI=1S/C19H30ClN3OS/c1-4-21-18(23-15(3)16-6-8-17(20)9-7-16)22-14-19(25-5-2)10-12-24-13-11-19/h6-9,15H,4-5,10-14H2,1-3H3,(H2,21,22,23). The van der Waals surface area contributed by atoms with Crippen LogP contribution in [0.25, 0.3) is 0 Å². The van der Waals surface area contributed by atoms with Crippen molar-refractivity contribution in [1.29, 1.82) is 0 Å². The van der Waals surface area contributed by atoms with E-state index in [-0.39, 0.29) is 10.8 Å². The van der Waals surface area contributed by atoms with Crippen molar-refractivity contribution in [1.82, 2.24) is 10.6 Å². The number of benzene rings is 1. The van der Waals surface area contributed by atoms with Crippen LogP contribution < -0.4 is 10.6 Å². The first-order chi connectivity index (χ1) is 12.1. The van der Waals surface area contributed by atoms with Crippen molar-refractivity contribution in [2.45, 2.75) is 44.4 Å². The Kier molecular flexibility index (Phi) is 8.40. The van der Waals surface area contributed by atoms with Crippen molar-refractivity contribution in [3.63, 3.8) is 0 Å². The minimum absolute atomic E-state index is 0.166. The Bertz CT molecular complexity index is 539. The van der Waals surface area contributed by atoms with Gasteiger partial charge in [0.1, 0.15) is 0 Å². The van der Waals surface area contributed by atoms with Gasteiger partial charge in [-0.3, -0.25) is 4.99 Å². The molecule has 1 atom stereocenters. The van der Waals surface area contributed by atoms with Crippen LogP contribution in [0.1, 0.15) is 45.2 Å². The Morgan fingerprint density at radius 1 is 1.28 bits per heavy atom. The third-order valence-electron chi connectivity index (χ3n) is 4.45. The maximum absolute atomic E-state index is 5.98. The molecule has 1 fully saturated rings. The van der Waals surface area contributed by atoms with Gasteiger partial charge in [0.25, 0.3) is 0 Å². The highest BCUT2D eigenvalue weighted by Gasteiger charge is 2.32. The van der Waals surface area contributed by atoms with Crippen LogP contribution in [0, 0.1) is 0 Å². The van der Waals surface area contributed by atoms with E-state index in [1.54, 1.807) is 0 Å². The highest BCUT2D eigenvalue weighted by molar-refractivity contribution is 8.00. The van der Waals surface area contributed by atoms with E-state index in [9.17, 15) is 0 Å². The zero-order chi connectivity index (χ0) is 18.1. The van der Waals surface area contributed by atoms with Gasteiger partial charge in [0, 0.05) is 29.5 Å². The van der Waals surface area contributed by atoms with E-state index < -0.39 is 0 Å². The van der Waals surface area contributed by atoms with Crippen molar-refractivity contribution in [3.05, 3.63) is 34.9 Å². The van der Waals surface area contributed by atoms with E-state index in [0.717, 1.165) is 55.9 Å². The molecule has 0 aromatic heterocycles. The van der Waals surface area contributed by atoms with Gasteiger partial charge in [0.05, 0.1) is 12.6 Å². The molecule has 1 aliphatic rings. The molecule has 1 aliphatic heterocycles. The highest BCUT2D eigenvalue weighted by atomic mass is 35.5. The SMILES string of the molecule is CCNC(=NCC1(SCC)CCOCC1)NC(C)c1ccc(Cl)cc1. The average molecular weight is 384 g/mol. The van der Waals surface area contributed by atoms with Crippen molar-refractivity contribution < 1.29 is 4.74 Å². The Hall–Kier alpha value is -0.910. The largest absolute Gasteiger partial charge is 0.381 e. The number of guanidine groups is 1. The molecule has 2 rings (SSSR count). The topological polar surface area (TPSA) is 45.7 Å². The molecule has 2 N–H and O–H groups in total. The number of nitrogens with one attached hydrogen (secondary N) is 2. The fourth-order valence-electron chi connectivity index (χ4n) is 2.98. The molecule has 0 amide bonds. The first-order valence-corrected chi connectivity index (χ1v) is 10.5. The van der Waals surface area contributed by atoms with Gasteiger partial charge in [-0.2, -0.15) is 11.8 Å². The minimum atomic E-state index is 0.166. The Morgan fingerprint density at radius 2 is 1.96 bits per heavy atom. The third-order valence-corrected chi connectivity index (χ3v) is 6.14. The summed E-state index contributed by atoms with van der Waals surface area (Å²) in [4.78, 5) is 4.90. The molecule has 1 aromatic rings. The molecular formula is C19H30ClN3OS. The van der Waals surface area contributed by atoms with Crippen molar-refractivity contribution in [2.24, 2.45) is 4.99 Å². The number of hydrogen-bond acceptors (Lipinski definition) is 3. The van der Waals surface area contributed by atoms with E-state index in [1.807, 2.05) is 23.9 Å². The molecule has 0 bridgehead atoms. The summed E-state index contributed by atoms with van der Waals surface area (Å²) in [5.74, 6) is 1.98. The normalized spacial score (nSPS) is 18.6. The fraction of sp³-hybridized carbons (Fsp3) is 0.632. The van der Waals surface area contributed by atoms with Gasteiger partial charge in [0.2, 0.25) is 0 Å². The number of hydrogen-bond donors (Lipinski definition) is 2. The number of halogens is 1. The second kappa shape index (κ2) is 10.3. The number of aliphatic imine (C=N–C) groups is 1. The van der Waals surface area contributed by atoms with Crippen molar-refractivity contribution >= 4 is 29.3 Å². The van der Waals surface area contributed by atoms with E-state index in [0.29, 0.717) is 0 Å². The summed E-state index contributed by atoms with van der Waals surface area (Å²) in [5, 5.41) is 7.63. The lowest BCUT2D eigenvalue weighted by Gasteiger charge is -2.35. The van der Waals surface area contributed by atoms with E-state index >= 15 is 0 Å². The lowest BCUT2D eigenvalue weighted by Crippen LogP contribution is -2.42. The van der Waals surface area contributed by atoms with Crippen LogP contribution in [-0.2, 0) is 4.74 Å². The summed E-state index contributed by atoms with van der Waals surface area (Å²) >= 11 is 8.00. The van der Waals surface area contributed by atoms with Crippen LogP contribution in [0.5, 0.6) is 0 Å². The van der Waals surface area contributed by atoms with Crippen LogP contribution in [-0.4, -0.2) is 42.8 Å². The molecule has 140 valence electrons. The van der Waals surface area contributed by atoms with Gasteiger partial charge in [-0.15, -0.1) is 0 Å². The quantitative estimate of drug-likeness (QED) is 0.545. The average Bonchev–Trinajstić information content (AvgIpc) is 2.61. The van der Waals surface area contributed by atoms with Gasteiger partial charge in [-0.1, -0.05) is 30.7 Å². The number of nitrogens with zero attached hydrogens (tertiary/aromatic N) is 1. The van der Waals surface area contributed by atoms with Gasteiger partial charge < -0.3 is 15.4 Å². The van der Waals surface area contributed by atoms with Crippen molar-refractivity contribution in [3.8, 4) is 0 Å². The number of thioether (sulfide) groups is 1. The maximum atomic E-state index is 5.98. The smallest absolute Gasteiger partial charge is 0.191 e. The first kappa shape index (κ1) is 20.4. The zero-order valence-corrected chi connectivity index (χ0v) is 17.1. The molecule has 1 heterocycles. The molecule has 0 radical (unpaired) electrons. The molecule has 1 saturated heterocycles.